The number of ether oxygens (including phenoxy) is 1. The van der Waals surface area contributed by atoms with Crippen molar-refractivity contribution in [1.29, 1.82) is 0 Å². The number of nitrogens with zero attached hydrogens (tertiary/aromatic N) is 3. The molecule has 3 rings (SSSR count). The second-order valence-electron chi connectivity index (χ2n) is 6.32. The topological polar surface area (TPSA) is 88.3 Å². The van der Waals surface area contributed by atoms with Gasteiger partial charge in [-0.1, -0.05) is 0 Å². The van der Waals surface area contributed by atoms with Crippen LogP contribution in [0.25, 0.3) is 0 Å². The number of nitrogen functional groups attached to an aromatic ring is 1. The molecule has 0 amide bonds. The van der Waals surface area contributed by atoms with E-state index >= 15 is 0 Å². The molecule has 0 radical (unpaired) electrons. The van der Waals surface area contributed by atoms with Crippen LogP contribution >= 0.6 is 0 Å². The molecule has 0 spiro atoms. The van der Waals surface area contributed by atoms with E-state index in [0.29, 0.717) is 35.2 Å². The van der Waals surface area contributed by atoms with Gasteiger partial charge in [0.1, 0.15) is 5.75 Å². The number of anilines is 4. The van der Waals surface area contributed by atoms with E-state index in [4.69, 9.17) is 10.5 Å². The molecule has 25 heavy (non-hydrogen) atoms. The number of hydrogen-bond donors (Lipinski definition) is 3. The molecule has 0 aliphatic carbocycles. The Bertz CT molecular complexity index is 746. The number of rotatable bonds is 4. The van der Waals surface area contributed by atoms with E-state index in [9.17, 15) is 4.39 Å². The van der Waals surface area contributed by atoms with Gasteiger partial charge >= 0.3 is 0 Å². The number of benzene rings is 1. The van der Waals surface area contributed by atoms with Gasteiger partial charge in [-0.25, -0.2) is 9.37 Å². The van der Waals surface area contributed by atoms with Crippen LogP contribution in [0.2, 0.25) is 0 Å². The number of nitrogens with one attached hydrogen (secondary N) is 2. The van der Waals surface area contributed by atoms with Crippen molar-refractivity contribution < 1.29 is 9.13 Å². The highest BCUT2D eigenvalue weighted by atomic mass is 19.1. The number of halogens is 1. The van der Waals surface area contributed by atoms with Crippen molar-refractivity contribution >= 4 is 23.1 Å². The summed E-state index contributed by atoms with van der Waals surface area (Å²) >= 11 is 0. The fraction of sp³-hybridized carbons (Fsp3) is 0.412. The number of nitrogens with two attached hydrogens (primary N) is 1. The van der Waals surface area contributed by atoms with Crippen LogP contribution in [-0.4, -0.2) is 42.3 Å². The minimum absolute atomic E-state index is 0.119. The zero-order valence-corrected chi connectivity index (χ0v) is 14.6. The molecular weight excluding hydrogens is 323 g/mol. The highest BCUT2D eigenvalue weighted by Crippen LogP contribution is 2.27. The van der Waals surface area contributed by atoms with Crippen LogP contribution in [0.4, 0.5) is 27.5 Å². The zero-order valence-electron chi connectivity index (χ0n) is 14.6. The Morgan fingerprint density at radius 1 is 1.32 bits per heavy atom. The van der Waals surface area contributed by atoms with Crippen molar-refractivity contribution in [3.8, 4) is 5.75 Å². The van der Waals surface area contributed by atoms with E-state index in [1.54, 1.807) is 25.3 Å². The average Bonchev–Trinajstić information content (AvgIpc) is 2.56. The summed E-state index contributed by atoms with van der Waals surface area (Å²) in [7, 11) is 1.55. The fourth-order valence-corrected chi connectivity index (χ4v) is 3.04. The summed E-state index contributed by atoms with van der Waals surface area (Å²) in [5, 5.41) is 6.41. The number of methoxy groups -OCH3 is 1. The van der Waals surface area contributed by atoms with E-state index in [0.717, 1.165) is 13.1 Å². The lowest BCUT2D eigenvalue weighted by atomic mass is 10.1. The van der Waals surface area contributed by atoms with Crippen LogP contribution in [0.1, 0.15) is 13.8 Å². The first kappa shape index (κ1) is 17.2. The van der Waals surface area contributed by atoms with Gasteiger partial charge < -0.3 is 26.0 Å². The van der Waals surface area contributed by atoms with Crippen molar-refractivity contribution in [2.45, 2.75) is 25.9 Å². The predicted molar refractivity (Wildman–Crippen MR) is 97.0 cm³/mol. The predicted octanol–water partition coefficient (Wildman–Crippen LogP) is 2.14. The van der Waals surface area contributed by atoms with Crippen LogP contribution in [0.5, 0.6) is 5.75 Å². The van der Waals surface area contributed by atoms with Gasteiger partial charge in [0, 0.05) is 30.9 Å². The Balaban J connectivity index is 1.83. The SMILES string of the molecule is COc1ccc(Nc2nc(N3C[C@@H](C)N[C@@H](C)C3)ncc2F)cc1N. The van der Waals surface area contributed by atoms with Gasteiger partial charge in [-0.2, -0.15) is 4.98 Å². The highest BCUT2D eigenvalue weighted by Gasteiger charge is 2.23. The zero-order chi connectivity index (χ0) is 18.0. The lowest BCUT2D eigenvalue weighted by Gasteiger charge is -2.36. The van der Waals surface area contributed by atoms with Crippen LogP contribution < -0.4 is 26.0 Å². The third-order valence-electron chi connectivity index (χ3n) is 4.06. The summed E-state index contributed by atoms with van der Waals surface area (Å²) in [6, 6.07) is 5.78. The molecule has 8 heteroatoms. The highest BCUT2D eigenvalue weighted by molar-refractivity contribution is 5.66. The van der Waals surface area contributed by atoms with Gasteiger partial charge in [0.15, 0.2) is 11.6 Å². The smallest absolute Gasteiger partial charge is 0.227 e. The van der Waals surface area contributed by atoms with Gasteiger partial charge in [0.2, 0.25) is 5.95 Å². The van der Waals surface area contributed by atoms with Gasteiger partial charge in [-0.15, -0.1) is 0 Å². The van der Waals surface area contributed by atoms with Crippen molar-refractivity contribution in [3.63, 3.8) is 0 Å². The minimum Gasteiger partial charge on any atom is -0.495 e. The average molecular weight is 346 g/mol. The maximum absolute atomic E-state index is 14.1. The summed E-state index contributed by atoms with van der Waals surface area (Å²) in [6.45, 7) is 5.74. The van der Waals surface area contributed by atoms with E-state index in [1.165, 1.54) is 6.20 Å². The largest absolute Gasteiger partial charge is 0.495 e. The fourth-order valence-electron chi connectivity index (χ4n) is 3.04. The molecule has 0 bridgehead atoms. The van der Waals surface area contributed by atoms with E-state index in [2.05, 4.69) is 39.3 Å². The molecule has 7 nitrogen and oxygen atoms in total. The molecule has 1 aliphatic heterocycles. The molecular formula is C17H23FN6O. The first-order valence-electron chi connectivity index (χ1n) is 8.20. The molecule has 1 saturated heterocycles. The first-order chi connectivity index (χ1) is 12.0. The van der Waals surface area contributed by atoms with E-state index in [1.807, 2.05) is 0 Å². The number of piperazine rings is 1. The maximum atomic E-state index is 14.1. The Morgan fingerprint density at radius 3 is 2.68 bits per heavy atom. The molecule has 1 aromatic heterocycles. The van der Waals surface area contributed by atoms with Gasteiger partial charge in [0.05, 0.1) is 19.0 Å². The molecule has 4 N–H and O–H groups in total. The van der Waals surface area contributed by atoms with E-state index in [-0.39, 0.29) is 5.82 Å². The second kappa shape index (κ2) is 7.10. The van der Waals surface area contributed by atoms with E-state index < -0.39 is 5.82 Å². The standard InChI is InChI=1S/C17H23FN6O/c1-10-8-24(9-11(2)21-10)17-20-7-13(18)16(23-17)22-12-4-5-15(25-3)14(19)6-12/h4-7,10-11,21H,8-9,19H2,1-3H3,(H,20,22,23)/t10-,11+. The molecule has 2 atom stereocenters. The third-order valence-corrected chi connectivity index (χ3v) is 4.06. The van der Waals surface area contributed by atoms with Gasteiger partial charge in [-0.05, 0) is 32.0 Å². The Kier molecular flexibility index (Phi) is 4.89. The molecule has 1 aliphatic rings. The number of hydrogen-bond acceptors (Lipinski definition) is 7. The summed E-state index contributed by atoms with van der Waals surface area (Å²) in [4.78, 5) is 10.6. The monoisotopic (exact) mass is 346 g/mol. The summed E-state index contributed by atoms with van der Waals surface area (Å²) in [5.74, 6) is 0.673. The molecule has 0 saturated carbocycles. The normalized spacial score (nSPS) is 20.4. The summed E-state index contributed by atoms with van der Waals surface area (Å²) < 4.78 is 19.3. The minimum atomic E-state index is -0.519. The van der Waals surface area contributed by atoms with Crippen LogP contribution in [0.3, 0.4) is 0 Å². The molecule has 2 aromatic rings. The van der Waals surface area contributed by atoms with Crippen LogP contribution in [0.15, 0.2) is 24.4 Å². The maximum Gasteiger partial charge on any atom is 0.227 e. The van der Waals surface area contributed by atoms with Crippen LogP contribution in [0, 0.1) is 5.82 Å². The van der Waals surface area contributed by atoms with Crippen molar-refractivity contribution in [1.82, 2.24) is 15.3 Å². The van der Waals surface area contributed by atoms with Crippen LogP contribution in [-0.2, 0) is 0 Å². The molecule has 0 unspecified atom stereocenters. The van der Waals surface area contributed by atoms with Crippen molar-refractivity contribution in [3.05, 3.63) is 30.2 Å². The molecule has 1 aromatic carbocycles. The second-order valence-corrected chi connectivity index (χ2v) is 6.32. The third kappa shape index (κ3) is 3.90. The Labute approximate surface area is 146 Å². The molecule has 1 fully saturated rings. The Morgan fingerprint density at radius 2 is 2.04 bits per heavy atom. The lowest BCUT2D eigenvalue weighted by Crippen LogP contribution is -2.54. The Hall–Kier alpha value is -2.61. The summed E-state index contributed by atoms with van der Waals surface area (Å²) in [5.41, 5.74) is 6.99. The van der Waals surface area contributed by atoms with Crippen molar-refractivity contribution in [2.75, 3.05) is 36.1 Å². The summed E-state index contributed by atoms with van der Waals surface area (Å²) in [6.07, 6.45) is 1.19. The molecule has 2 heterocycles. The molecule has 134 valence electrons. The van der Waals surface area contributed by atoms with Gasteiger partial charge in [-0.3, -0.25) is 0 Å². The number of aromatic nitrogens is 2. The van der Waals surface area contributed by atoms with Crippen molar-refractivity contribution in [2.24, 2.45) is 0 Å². The quantitative estimate of drug-likeness (QED) is 0.731. The lowest BCUT2D eigenvalue weighted by molar-refractivity contribution is 0.403. The first-order valence-corrected chi connectivity index (χ1v) is 8.20. The van der Waals surface area contributed by atoms with Gasteiger partial charge in [0.25, 0.3) is 0 Å².